The van der Waals surface area contributed by atoms with E-state index in [4.69, 9.17) is 23.7 Å². The zero-order valence-corrected chi connectivity index (χ0v) is 33.0. The van der Waals surface area contributed by atoms with Gasteiger partial charge in [-0.2, -0.15) is 23.5 Å². The Balaban J connectivity index is 1.35. The highest BCUT2D eigenvalue weighted by molar-refractivity contribution is 7.99. The first-order chi connectivity index (χ1) is 25.8. The summed E-state index contributed by atoms with van der Waals surface area (Å²) in [5, 5.41) is 0. The topological polar surface area (TPSA) is 46.2 Å². The highest BCUT2D eigenvalue weighted by Crippen LogP contribution is 2.54. The van der Waals surface area contributed by atoms with Crippen LogP contribution in [-0.2, 0) is 23.7 Å². The maximum Gasteiger partial charge on any atom is 0.131 e. The molecule has 7 heteroatoms. The first-order valence-electron chi connectivity index (χ1n) is 20.7. The number of allylic oxidation sites excluding steroid dienone is 7. The van der Waals surface area contributed by atoms with Crippen molar-refractivity contribution in [2.75, 3.05) is 82.5 Å². The Hall–Kier alpha value is -1.74. The lowest BCUT2D eigenvalue weighted by molar-refractivity contribution is 0.125. The Bertz CT molecular complexity index is 1640. The standard InChI is InChI=1S/C45H58O5S2/c1-2-9-30(8-1)39-27-50-45(44(36-15-21-52-29-36)42(39)35-14-7-20-51-28-35)38-22-37(31-10-3-16-46-23-31)40(32-11-4-17-47-24-32)43(34-13-6-19-49-26-34)41(38)33-12-5-18-48-25-33/h1-29H2. The van der Waals surface area contributed by atoms with Crippen LogP contribution in [0.3, 0.4) is 0 Å². The normalized spacial score (nSPS) is 37.2. The molecular weight excluding hydrogens is 685 g/mol. The molecule has 9 fully saturated rings. The number of thioether (sulfide) groups is 2. The minimum Gasteiger partial charge on any atom is -0.488 e. The third-order valence-corrected chi connectivity index (χ3v) is 14.9. The molecule has 2 saturated carbocycles. The quantitative estimate of drug-likeness (QED) is 0.245. The lowest BCUT2D eigenvalue weighted by Gasteiger charge is -2.40. The average molecular weight is 743 g/mol. The first-order valence-corrected chi connectivity index (χ1v) is 23.0. The molecule has 280 valence electrons. The van der Waals surface area contributed by atoms with Crippen LogP contribution in [0, 0.1) is 0 Å². The van der Waals surface area contributed by atoms with Crippen LogP contribution < -0.4 is 0 Å². The van der Waals surface area contributed by atoms with Crippen molar-refractivity contribution >= 4 is 23.5 Å². The number of rotatable bonds is 0. The van der Waals surface area contributed by atoms with Gasteiger partial charge in [-0.1, -0.05) is 11.1 Å². The molecule has 2 aliphatic carbocycles. The van der Waals surface area contributed by atoms with E-state index >= 15 is 0 Å². The molecule has 52 heavy (non-hydrogen) atoms. The van der Waals surface area contributed by atoms with Gasteiger partial charge in [-0.15, -0.1) is 0 Å². The summed E-state index contributed by atoms with van der Waals surface area (Å²) < 4.78 is 32.8. The Kier molecular flexibility index (Phi) is 11.7. The van der Waals surface area contributed by atoms with Crippen molar-refractivity contribution in [3.8, 4) is 0 Å². The minimum absolute atomic E-state index is 0.708. The fraction of sp³-hybridized carbons (Fsp3) is 0.644. The molecule has 0 radical (unpaired) electrons. The Labute approximate surface area is 320 Å². The average Bonchev–Trinajstić information content (AvgIpc) is 3.97. The van der Waals surface area contributed by atoms with E-state index < -0.39 is 0 Å². The highest BCUT2D eigenvalue weighted by atomic mass is 32.2. The molecule has 7 aliphatic heterocycles. The Morgan fingerprint density at radius 3 is 1.40 bits per heavy atom. The van der Waals surface area contributed by atoms with Crippen LogP contribution in [0.1, 0.15) is 103 Å². The maximum absolute atomic E-state index is 7.45. The third-order valence-electron chi connectivity index (χ3n) is 12.7. The lowest BCUT2D eigenvalue weighted by atomic mass is 9.68. The molecule has 0 spiro atoms. The van der Waals surface area contributed by atoms with Gasteiger partial charge in [0.2, 0.25) is 0 Å². The second-order valence-electron chi connectivity index (χ2n) is 16.1. The molecule has 0 bridgehead atoms. The Morgan fingerprint density at radius 2 is 0.846 bits per heavy atom. The van der Waals surface area contributed by atoms with Gasteiger partial charge in [-0.05, 0) is 169 Å². The van der Waals surface area contributed by atoms with Crippen LogP contribution in [0.2, 0.25) is 0 Å². The number of ether oxygens (including phenoxy) is 5. The monoisotopic (exact) mass is 742 g/mol. The SMILES string of the molecule is C1CCC(=C2COC(=C3CC(=C4CCCOC4)C(=C4CCCOC4)C(=C4CCCOC4)C3=C3CCCOC3)C(=C3CCSC3)C2=C2CCCSC2)C1. The Morgan fingerprint density at radius 1 is 0.346 bits per heavy atom. The summed E-state index contributed by atoms with van der Waals surface area (Å²) in [5.74, 6) is 5.98. The maximum atomic E-state index is 7.45. The molecule has 0 aromatic carbocycles. The van der Waals surface area contributed by atoms with Crippen molar-refractivity contribution in [2.24, 2.45) is 0 Å². The summed E-state index contributed by atoms with van der Waals surface area (Å²) in [4.78, 5) is 0. The van der Waals surface area contributed by atoms with E-state index in [2.05, 4.69) is 23.5 Å². The van der Waals surface area contributed by atoms with Crippen molar-refractivity contribution in [3.63, 3.8) is 0 Å². The van der Waals surface area contributed by atoms with Crippen LogP contribution in [0.15, 0.2) is 89.4 Å². The van der Waals surface area contributed by atoms with Crippen LogP contribution in [0.5, 0.6) is 0 Å². The molecule has 0 unspecified atom stereocenters. The van der Waals surface area contributed by atoms with E-state index in [-0.39, 0.29) is 0 Å². The summed E-state index contributed by atoms with van der Waals surface area (Å²) in [5.41, 5.74) is 22.9. The fourth-order valence-electron chi connectivity index (χ4n) is 10.3. The number of hydrogen-bond acceptors (Lipinski definition) is 7. The summed E-state index contributed by atoms with van der Waals surface area (Å²) in [6, 6.07) is 0. The predicted octanol–water partition coefficient (Wildman–Crippen LogP) is 10.2. The van der Waals surface area contributed by atoms with Gasteiger partial charge >= 0.3 is 0 Å². The van der Waals surface area contributed by atoms with Crippen LogP contribution in [-0.4, -0.2) is 82.5 Å². The molecule has 7 saturated heterocycles. The van der Waals surface area contributed by atoms with E-state index in [0.717, 1.165) is 115 Å². The zero-order valence-electron chi connectivity index (χ0n) is 31.4. The molecule has 0 aromatic rings. The summed E-state index contributed by atoms with van der Waals surface area (Å²) in [6.45, 7) is 7.00. The smallest absolute Gasteiger partial charge is 0.131 e. The number of hydrogen-bond donors (Lipinski definition) is 0. The van der Waals surface area contributed by atoms with Crippen molar-refractivity contribution < 1.29 is 23.7 Å². The van der Waals surface area contributed by atoms with E-state index in [1.807, 2.05) is 0 Å². The van der Waals surface area contributed by atoms with E-state index in [1.54, 1.807) is 27.9 Å². The van der Waals surface area contributed by atoms with Gasteiger partial charge in [0.1, 0.15) is 12.4 Å². The molecule has 9 aliphatic rings. The molecule has 7 heterocycles. The van der Waals surface area contributed by atoms with E-state index in [9.17, 15) is 0 Å². The largest absolute Gasteiger partial charge is 0.488 e. The fourth-order valence-corrected chi connectivity index (χ4v) is 12.4. The molecule has 5 nitrogen and oxygen atoms in total. The van der Waals surface area contributed by atoms with Gasteiger partial charge in [-0.3, -0.25) is 0 Å². The predicted molar refractivity (Wildman–Crippen MR) is 214 cm³/mol. The first kappa shape index (κ1) is 35.9. The van der Waals surface area contributed by atoms with Crippen LogP contribution >= 0.6 is 23.5 Å². The van der Waals surface area contributed by atoms with Crippen molar-refractivity contribution in [1.82, 2.24) is 0 Å². The minimum atomic E-state index is 0.708. The molecule has 0 aromatic heterocycles. The summed E-state index contributed by atoms with van der Waals surface area (Å²) in [6.07, 6.45) is 18.4. The molecule has 0 amide bonds. The van der Waals surface area contributed by atoms with Gasteiger partial charge in [-0.25, -0.2) is 0 Å². The second-order valence-corrected chi connectivity index (χ2v) is 18.3. The molecule has 9 rings (SSSR count). The lowest BCUT2D eigenvalue weighted by Crippen LogP contribution is -2.27. The summed E-state index contributed by atoms with van der Waals surface area (Å²) >= 11 is 4.27. The van der Waals surface area contributed by atoms with Gasteiger partial charge in [0.15, 0.2) is 0 Å². The van der Waals surface area contributed by atoms with E-state index in [1.165, 1.54) is 112 Å². The van der Waals surface area contributed by atoms with Gasteiger partial charge in [0.05, 0.1) is 26.4 Å². The third kappa shape index (κ3) is 7.33. The summed E-state index contributed by atoms with van der Waals surface area (Å²) in [7, 11) is 0. The van der Waals surface area contributed by atoms with E-state index in [0.29, 0.717) is 19.8 Å². The highest BCUT2D eigenvalue weighted by Gasteiger charge is 2.41. The van der Waals surface area contributed by atoms with Crippen LogP contribution in [0.4, 0.5) is 0 Å². The zero-order chi connectivity index (χ0) is 34.7. The molecule has 0 atom stereocenters. The molecule has 0 N–H and O–H groups in total. The van der Waals surface area contributed by atoms with Crippen molar-refractivity contribution in [3.05, 3.63) is 89.4 Å². The second kappa shape index (κ2) is 17.0. The van der Waals surface area contributed by atoms with Crippen molar-refractivity contribution in [1.29, 1.82) is 0 Å². The van der Waals surface area contributed by atoms with Crippen molar-refractivity contribution in [2.45, 2.75) is 103 Å². The van der Waals surface area contributed by atoms with Gasteiger partial charge in [0.25, 0.3) is 0 Å². The van der Waals surface area contributed by atoms with Gasteiger partial charge < -0.3 is 23.7 Å². The van der Waals surface area contributed by atoms with Gasteiger partial charge in [0, 0.05) is 55.5 Å². The van der Waals surface area contributed by atoms with Crippen LogP contribution in [0.25, 0.3) is 0 Å². The molecular formula is C45H58O5S2.